The molecule has 1 fully saturated rings. The number of phosphoric acid groups is 1. The Labute approximate surface area is 295 Å². The third kappa shape index (κ3) is 8.87. The lowest BCUT2D eigenvalue weighted by molar-refractivity contribution is -0.300. The zero-order valence-electron chi connectivity index (χ0n) is 28.3. The number of ether oxygens (including phenoxy) is 3. The molecule has 2 N–H and O–H groups in total. The minimum Gasteiger partial charge on any atom is -0.370 e. The van der Waals surface area contributed by atoms with E-state index in [1.165, 1.54) is 0 Å². The van der Waals surface area contributed by atoms with Gasteiger partial charge in [0.25, 0.3) is 0 Å². The molecule has 8 heteroatoms. The van der Waals surface area contributed by atoms with Gasteiger partial charge in [-0.15, -0.1) is 0 Å². The van der Waals surface area contributed by atoms with Crippen molar-refractivity contribution in [2.24, 2.45) is 5.92 Å². The van der Waals surface area contributed by atoms with Crippen molar-refractivity contribution in [3.63, 3.8) is 0 Å². The summed E-state index contributed by atoms with van der Waals surface area (Å²) in [5.74, 6) is -0.251. The van der Waals surface area contributed by atoms with Crippen LogP contribution in [0.3, 0.4) is 0 Å². The standard InChI is InChI=1S/C42H45O7P/c1-33-27-41(49-50(43,44)45,28-34-17-7-2-8-18-34)42(29-35-19-9-3-10-20-35,48-32-38-25-15-6-16-26-38)40(47-31-37-23-13-5-14-24-37)39(33)46-30-36-21-11-4-12-22-36/h2-26,33,39-40H,27-32H2,1H3,(H2,43,44,45)/t33?,39?,40?,41?,42-/m0/s1. The Balaban J connectivity index is 1.56. The van der Waals surface area contributed by atoms with Crippen molar-refractivity contribution < 1.29 is 33.1 Å². The molecular formula is C42H45O7P. The molecule has 1 aliphatic carbocycles. The summed E-state index contributed by atoms with van der Waals surface area (Å²) >= 11 is 0. The molecule has 4 unspecified atom stereocenters. The summed E-state index contributed by atoms with van der Waals surface area (Å²) in [6.45, 7) is 2.75. The maximum atomic E-state index is 13.2. The maximum absolute atomic E-state index is 13.2. The Hall–Kier alpha value is -3.91. The first-order chi connectivity index (χ1) is 24.3. The van der Waals surface area contributed by atoms with Gasteiger partial charge in [0.2, 0.25) is 0 Å². The van der Waals surface area contributed by atoms with Crippen LogP contribution >= 0.6 is 7.82 Å². The highest BCUT2D eigenvalue weighted by Crippen LogP contribution is 2.57. The van der Waals surface area contributed by atoms with Crippen LogP contribution in [0.4, 0.5) is 0 Å². The van der Waals surface area contributed by atoms with Crippen LogP contribution < -0.4 is 0 Å². The van der Waals surface area contributed by atoms with Gasteiger partial charge >= 0.3 is 7.82 Å². The fourth-order valence-electron chi connectivity index (χ4n) is 7.37. The zero-order valence-corrected chi connectivity index (χ0v) is 29.2. The minimum absolute atomic E-state index is 0.152. The fraction of sp³-hybridized carbons (Fsp3) is 0.286. The van der Waals surface area contributed by atoms with Crippen LogP contribution in [-0.2, 0) is 56.0 Å². The molecule has 0 aromatic heterocycles. The molecule has 0 saturated heterocycles. The molecule has 260 valence electrons. The van der Waals surface area contributed by atoms with Gasteiger partial charge < -0.3 is 24.0 Å². The van der Waals surface area contributed by atoms with Gasteiger partial charge in [0.05, 0.1) is 25.9 Å². The van der Waals surface area contributed by atoms with E-state index in [2.05, 4.69) is 0 Å². The zero-order chi connectivity index (χ0) is 34.9. The normalized spacial score (nSPS) is 23.8. The molecule has 50 heavy (non-hydrogen) atoms. The lowest BCUT2D eigenvalue weighted by Gasteiger charge is -2.59. The number of hydrogen-bond acceptors (Lipinski definition) is 5. The molecule has 7 nitrogen and oxygen atoms in total. The molecule has 5 aromatic rings. The van der Waals surface area contributed by atoms with Crippen LogP contribution in [0.5, 0.6) is 0 Å². The Morgan fingerprint density at radius 2 is 0.980 bits per heavy atom. The fourth-order valence-corrected chi connectivity index (χ4v) is 8.12. The lowest BCUT2D eigenvalue weighted by atomic mass is 9.60. The molecule has 0 bridgehead atoms. The van der Waals surface area contributed by atoms with Crippen LogP contribution in [0.15, 0.2) is 152 Å². The summed E-state index contributed by atoms with van der Waals surface area (Å²) in [7, 11) is -5.11. The van der Waals surface area contributed by atoms with Crippen molar-refractivity contribution in [2.75, 3.05) is 0 Å². The smallest absolute Gasteiger partial charge is 0.370 e. The van der Waals surface area contributed by atoms with Gasteiger partial charge in [-0.25, -0.2) is 4.57 Å². The van der Waals surface area contributed by atoms with Gasteiger partial charge in [0.15, 0.2) is 0 Å². The van der Waals surface area contributed by atoms with E-state index >= 15 is 0 Å². The van der Waals surface area contributed by atoms with E-state index < -0.39 is 31.2 Å². The van der Waals surface area contributed by atoms with Gasteiger partial charge in [-0.3, -0.25) is 4.52 Å². The quantitative estimate of drug-likeness (QED) is 0.106. The maximum Gasteiger partial charge on any atom is 0.470 e. The average Bonchev–Trinajstić information content (AvgIpc) is 3.12. The molecule has 6 rings (SSSR count). The molecule has 0 amide bonds. The highest BCUT2D eigenvalue weighted by atomic mass is 31.2. The van der Waals surface area contributed by atoms with Crippen LogP contribution in [-0.4, -0.2) is 33.2 Å². The molecule has 0 radical (unpaired) electrons. The molecule has 5 atom stereocenters. The van der Waals surface area contributed by atoms with E-state index in [4.69, 9.17) is 18.7 Å². The van der Waals surface area contributed by atoms with E-state index in [1.807, 2.05) is 159 Å². The van der Waals surface area contributed by atoms with E-state index in [0.717, 1.165) is 27.8 Å². The SMILES string of the molecule is CC1CC(Cc2ccccc2)(OP(=O)(O)O)[C@@](Cc2ccccc2)(OCc2ccccc2)C(OCc2ccccc2)C1OCc1ccccc1. The van der Waals surface area contributed by atoms with E-state index in [9.17, 15) is 14.4 Å². The Morgan fingerprint density at radius 3 is 1.44 bits per heavy atom. The van der Waals surface area contributed by atoms with Crippen LogP contribution in [0, 0.1) is 5.92 Å². The molecule has 1 saturated carbocycles. The number of phosphoric ester groups is 1. The second-order valence-corrected chi connectivity index (χ2v) is 14.4. The lowest BCUT2D eigenvalue weighted by Crippen LogP contribution is -2.73. The van der Waals surface area contributed by atoms with Gasteiger partial charge in [-0.05, 0) is 40.2 Å². The van der Waals surface area contributed by atoms with Crippen LogP contribution in [0.2, 0.25) is 0 Å². The predicted molar refractivity (Wildman–Crippen MR) is 194 cm³/mol. The van der Waals surface area contributed by atoms with Crippen LogP contribution in [0.1, 0.15) is 41.2 Å². The van der Waals surface area contributed by atoms with E-state index in [0.29, 0.717) is 6.61 Å². The van der Waals surface area contributed by atoms with Crippen LogP contribution in [0.25, 0.3) is 0 Å². The monoisotopic (exact) mass is 692 g/mol. The van der Waals surface area contributed by atoms with E-state index in [-0.39, 0.29) is 38.4 Å². The number of rotatable bonds is 15. The average molecular weight is 693 g/mol. The van der Waals surface area contributed by atoms with Crippen molar-refractivity contribution in [3.8, 4) is 0 Å². The second-order valence-electron chi connectivity index (χ2n) is 13.2. The third-order valence-electron chi connectivity index (χ3n) is 9.57. The molecule has 0 spiro atoms. The predicted octanol–water partition coefficient (Wildman–Crippen LogP) is 8.49. The van der Waals surface area contributed by atoms with Crippen molar-refractivity contribution in [1.82, 2.24) is 0 Å². The minimum atomic E-state index is -5.11. The van der Waals surface area contributed by atoms with Gasteiger partial charge in [0.1, 0.15) is 17.3 Å². The molecule has 1 aliphatic rings. The van der Waals surface area contributed by atoms with Gasteiger partial charge in [0, 0.05) is 12.8 Å². The van der Waals surface area contributed by atoms with Crippen molar-refractivity contribution >= 4 is 7.82 Å². The Morgan fingerprint density at radius 1 is 0.580 bits per heavy atom. The summed E-state index contributed by atoms with van der Waals surface area (Å²) in [6.07, 6.45) is -0.705. The first-order valence-corrected chi connectivity index (χ1v) is 18.6. The Bertz CT molecular complexity index is 1790. The highest BCUT2D eigenvalue weighted by Gasteiger charge is 2.67. The molecular weight excluding hydrogens is 647 g/mol. The number of hydrogen-bond donors (Lipinski definition) is 2. The van der Waals surface area contributed by atoms with E-state index in [1.54, 1.807) is 0 Å². The van der Waals surface area contributed by atoms with Gasteiger partial charge in [-0.2, -0.15) is 0 Å². The second kappa shape index (κ2) is 16.4. The summed E-state index contributed by atoms with van der Waals surface area (Å²) in [5.41, 5.74) is 1.64. The number of benzene rings is 5. The molecule has 0 heterocycles. The molecule has 0 aliphatic heterocycles. The van der Waals surface area contributed by atoms with Crippen molar-refractivity contribution in [1.29, 1.82) is 0 Å². The van der Waals surface area contributed by atoms with Crippen molar-refractivity contribution in [2.45, 2.75) is 69.4 Å². The highest BCUT2D eigenvalue weighted by molar-refractivity contribution is 7.46. The summed E-state index contributed by atoms with van der Waals surface area (Å²) in [6, 6.07) is 49.2. The third-order valence-corrected chi connectivity index (χ3v) is 10.2. The summed E-state index contributed by atoms with van der Waals surface area (Å²) in [4.78, 5) is 21.5. The molecule has 5 aromatic carbocycles. The van der Waals surface area contributed by atoms with Crippen molar-refractivity contribution in [3.05, 3.63) is 179 Å². The first-order valence-electron chi connectivity index (χ1n) is 17.1. The van der Waals surface area contributed by atoms with Gasteiger partial charge in [-0.1, -0.05) is 159 Å². The largest absolute Gasteiger partial charge is 0.470 e. The topological polar surface area (TPSA) is 94.5 Å². The summed E-state index contributed by atoms with van der Waals surface area (Å²) in [5, 5.41) is 0. The summed E-state index contributed by atoms with van der Waals surface area (Å²) < 4.78 is 40.6. The Kier molecular flexibility index (Phi) is 11.8. The first kappa shape index (κ1) is 35.9.